The largest absolute Gasteiger partial charge is 0.462 e. The number of esters is 1. The lowest BCUT2D eigenvalue weighted by Gasteiger charge is -2.25. The average Bonchev–Trinajstić information content (AvgIpc) is 3.27. The molecule has 4 rings (SSSR count). The number of carbonyl (C=O) groups is 3. The highest BCUT2D eigenvalue weighted by Crippen LogP contribution is 2.49. The molecule has 4 aliphatic rings. The van der Waals surface area contributed by atoms with E-state index in [1.807, 2.05) is 0 Å². The van der Waals surface area contributed by atoms with Gasteiger partial charge >= 0.3 is 5.97 Å². The highest BCUT2D eigenvalue weighted by molar-refractivity contribution is 6.00. The summed E-state index contributed by atoms with van der Waals surface area (Å²) >= 11 is 0. The predicted octanol–water partition coefficient (Wildman–Crippen LogP) is 1.51. The molecule has 4 saturated carbocycles. The van der Waals surface area contributed by atoms with Crippen molar-refractivity contribution in [3.63, 3.8) is 0 Å². The molecule has 4 nitrogen and oxygen atoms in total. The van der Waals surface area contributed by atoms with E-state index in [0.29, 0.717) is 18.0 Å². The lowest BCUT2D eigenvalue weighted by Crippen LogP contribution is -2.28. The predicted molar refractivity (Wildman–Crippen MR) is 65.0 cm³/mol. The summed E-state index contributed by atoms with van der Waals surface area (Å²) in [5.74, 6) is 1.34. The molecule has 6 atom stereocenters. The molecular weight excluding hydrogens is 244 g/mol. The van der Waals surface area contributed by atoms with Crippen molar-refractivity contribution in [1.29, 1.82) is 0 Å². The van der Waals surface area contributed by atoms with Crippen LogP contribution in [0.4, 0.5) is 0 Å². The summed E-state index contributed by atoms with van der Waals surface area (Å²) in [6.07, 6.45) is 4.73. The number of ketones is 2. The summed E-state index contributed by atoms with van der Waals surface area (Å²) in [6.45, 7) is 0. The lowest BCUT2D eigenvalue weighted by molar-refractivity contribution is -0.157. The Hall–Kier alpha value is -1.19. The number of hydrogen-bond donors (Lipinski definition) is 0. The van der Waals surface area contributed by atoms with Crippen molar-refractivity contribution in [2.45, 2.75) is 44.6 Å². The van der Waals surface area contributed by atoms with Crippen molar-refractivity contribution in [2.24, 2.45) is 29.6 Å². The van der Waals surface area contributed by atoms with Gasteiger partial charge in [0.2, 0.25) is 0 Å². The van der Waals surface area contributed by atoms with Crippen molar-refractivity contribution >= 4 is 17.5 Å². The van der Waals surface area contributed by atoms with Crippen LogP contribution in [0.3, 0.4) is 0 Å². The van der Waals surface area contributed by atoms with Crippen LogP contribution < -0.4 is 0 Å². The minimum absolute atomic E-state index is 0.0622. The van der Waals surface area contributed by atoms with Gasteiger partial charge in [-0.05, 0) is 38.5 Å². The van der Waals surface area contributed by atoms with Gasteiger partial charge in [0.1, 0.15) is 17.7 Å². The van der Waals surface area contributed by atoms with Gasteiger partial charge in [0.25, 0.3) is 0 Å². The van der Waals surface area contributed by atoms with Crippen molar-refractivity contribution in [1.82, 2.24) is 0 Å². The van der Waals surface area contributed by atoms with E-state index in [0.717, 1.165) is 32.1 Å². The Morgan fingerprint density at radius 3 is 2.11 bits per heavy atom. The fourth-order valence-electron chi connectivity index (χ4n) is 4.10. The van der Waals surface area contributed by atoms with Gasteiger partial charge in [0.05, 0.1) is 5.92 Å². The Morgan fingerprint density at radius 2 is 1.47 bits per heavy atom. The first-order chi connectivity index (χ1) is 9.15. The molecule has 0 radical (unpaired) electrons. The topological polar surface area (TPSA) is 60.4 Å². The third-order valence-corrected chi connectivity index (χ3v) is 5.51. The van der Waals surface area contributed by atoms with Crippen LogP contribution in [0.25, 0.3) is 0 Å². The van der Waals surface area contributed by atoms with Gasteiger partial charge in [-0.2, -0.15) is 0 Å². The van der Waals surface area contributed by atoms with Crippen LogP contribution in [-0.4, -0.2) is 23.6 Å². The van der Waals surface area contributed by atoms with E-state index in [-0.39, 0.29) is 41.7 Å². The van der Waals surface area contributed by atoms with Crippen molar-refractivity contribution in [3.8, 4) is 0 Å². The van der Waals surface area contributed by atoms with E-state index in [1.165, 1.54) is 0 Å². The van der Waals surface area contributed by atoms with E-state index in [1.54, 1.807) is 0 Å². The molecule has 0 spiro atoms. The zero-order valence-corrected chi connectivity index (χ0v) is 10.8. The van der Waals surface area contributed by atoms with Gasteiger partial charge < -0.3 is 4.74 Å². The van der Waals surface area contributed by atoms with Crippen LogP contribution in [0.2, 0.25) is 0 Å². The minimum atomic E-state index is -0.130. The molecule has 0 bridgehead atoms. The summed E-state index contributed by atoms with van der Waals surface area (Å²) in [5, 5.41) is 0. The van der Waals surface area contributed by atoms with Crippen LogP contribution in [0.15, 0.2) is 0 Å². The van der Waals surface area contributed by atoms with E-state index in [4.69, 9.17) is 4.74 Å². The number of carbonyl (C=O) groups excluding carboxylic acids is 3. The number of fused-ring (bicyclic) bond motifs is 2. The zero-order chi connectivity index (χ0) is 13.1. The van der Waals surface area contributed by atoms with Gasteiger partial charge in [-0.1, -0.05) is 0 Å². The second-order valence-corrected chi connectivity index (χ2v) is 6.61. The van der Waals surface area contributed by atoms with Gasteiger partial charge in [-0.3, -0.25) is 14.4 Å². The lowest BCUT2D eigenvalue weighted by atomic mass is 9.89. The molecule has 0 N–H and O–H groups in total. The Labute approximate surface area is 111 Å². The molecule has 0 heterocycles. The maximum atomic E-state index is 12.1. The Kier molecular flexibility index (Phi) is 2.39. The first-order valence-electron chi connectivity index (χ1n) is 7.43. The molecule has 4 fully saturated rings. The smallest absolute Gasteiger partial charge is 0.309 e. The fraction of sp³-hybridized carbons (Fsp3) is 0.800. The van der Waals surface area contributed by atoms with Crippen LogP contribution in [-0.2, 0) is 19.1 Å². The third-order valence-electron chi connectivity index (χ3n) is 5.51. The number of ether oxygens (including phenoxy) is 1. The fourth-order valence-corrected chi connectivity index (χ4v) is 4.10. The molecule has 4 aliphatic carbocycles. The summed E-state index contributed by atoms with van der Waals surface area (Å²) < 4.78 is 5.58. The average molecular weight is 262 g/mol. The van der Waals surface area contributed by atoms with E-state index < -0.39 is 0 Å². The summed E-state index contributed by atoms with van der Waals surface area (Å²) in [7, 11) is 0. The highest BCUT2D eigenvalue weighted by Gasteiger charge is 2.55. The van der Waals surface area contributed by atoms with E-state index in [2.05, 4.69) is 0 Å². The molecule has 6 unspecified atom stereocenters. The first kappa shape index (κ1) is 11.6. The Balaban J connectivity index is 1.32. The Morgan fingerprint density at radius 1 is 0.842 bits per heavy atom. The number of Topliss-reactive ketones (excluding diaryl/α,β-unsaturated/α-hetero) is 2. The maximum Gasteiger partial charge on any atom is 0.309 e. The third kappa shape index (κ3) is 1.84. The number of rotatable bonds is 2. The van der Waals surface area contributed by atoms with Gasteiger partial charge in [0, 0.05) is 23.7 Å². The van der Waals surface area contributed by atoms with Crippen molar-refractivity contribution < 1.29 is 19.1 Å². The molecule has 0 aromatic heterocycles. The van der Waals surface area contributed by atoms with Gasteiger partial charge in [-0.15, -0.1) is 0 Å². The summed E-state index contributed by atoms with van der Waals surface area (Å²) in [6, 6.07) is 0. The monoisotopic (exact) mass is 262 g/mol. The molecule has 0 aromatic carbocycles. The quantitative estimate of drug-likeness (QED) is 0.708. The summed E-state index contributed by atoms with van der Waals surface area (Å²) in [4.78, 5) is 34.9. The van der Waals surface area contributed by atoms with Crippen LogP contribution >= 0.6 is 0 Å². The standard InChI is InChI=1S/C15H18O4/c16-13-9-3-1-7(5-11(9)13)15(18)19-8-2-4-10-12(6-8)14(10)17/h7-12H,1-6H2. The molecular formula is C15H18O4. The van der Waals surface area contributed by atoms with Gasteiger partial charge in [-0.25, -0.2) is 0 Å². The summed E-state index contributed by atoms with van der Waals surface area (Å²) in [5.41, 5.74) is 0. The zero-order valence-electron chi connectivity index (χ0n) is 10.8. The van der Waals surface area contributed by atoms with Crippen molar-refractivity contribution in [3.05, 3.63) is 0 Å². The van der Waals surface area contributed by atoms with Crippen LogP contribution in [0.5, 0.6) is 0 Å². The normalized spacial score (nSPS) is 47.2. The molecule has 0 aromatic rings. The molecule has 19 heavy (non-hydrogen) atoms. The second kappa shape index (κ2) is 3.90. The molecule has 4 heteroatoms. The second-order valence-electron chi connectivity index (χ2n) is 6.61. The molecule has 0 amide bonds. The van der Waals surface area contributed by atoms with E-state index in [9.17, 15) is 14.4 Å². The van der Waals surface area contributed by atoms with Crippen LogP contribution in [0, 0.1) is 29.6 Å². The van der Waals surface area contributed by atoms with Gasteiger partial charge in [0.15, 0.2) is 0 Å². The number of hydrogen-bond acceptors (Lipinski definition) is 4. The SMILES string of the molecule is O=C(OC1CCC2C(=O)C2C1)C1CCC2C(=O)C2C1. The molecule has 0 aliphatic heterocycles. The highest BCUT2D eigenvalue weighted by atomic mass is 16.5. The van der Waals surface area contributed by atoms with E-state index >= 15 is 0 Å². The molecule has 0 saturated heterocycles. The molecule has 102 valence electrons. The minimum Gasteiger partial charge on any atom is -0.462 e. The Bertz CT molecular complexity index is 469. The van der Waals surface area contributed by atoms with Crippen molar-refractivity contribution in [2.75, 3.05) is 0 Å². The van der Waals surface area contributed by atoms with Crippen LogP contribution in [0.1, 0.15) is 38.5 Å². The first-order valence-corrected chi connectivity index (χ1v) is 7.43. The maximum absolute atomic E-state index is 12.1.